The van der Waals surface area contributed by atoms with Gasteiger partial charge in [0, 0.05) is 23.7 Å². The minimum atomic E-state index is -4.82. The number of H-pyrrole nitrogens is 1. The van der Waals surface area contributed by atoms with E-state index < -0.39 is 29.0 Å². The van der Waals surface area contributed by atoms with Crippen LogP contribution in [-0.2, 0) is 11.6 Å². The highest BCUT2D eigenvalue weighted by molar-refractivity contribution is 6.00. The summed E-state index contributed by atoms with van der Waals surface area (Å²) in [7, 11) is 0. The lowest BCUT2D eigenvalue weighted by Gasteiger charge is -2.16. The molecule has 0 bridgehead atoms. The number of aromatic amines is 1. The van der Waals surface area contributed by atoms with E-state index in [1.54, 1.807) is 6.07 Å². The molecule has 216 valence electrons. The number of aryl methyl sites for hydroxylation is 1. The number of pyridine rings is 1. The van der Waals surface area contributed by atoms with E-state index in [0.29, 0.717) is 11.4 Å². The first-order valence-electron chi connectivity index (χ1n) is 12.8. The predicted molar refractivity (Wildman–Crippen MR) is 151 cm³/mol. The van der Waals surface area contributed by atoms with E-state index in [2.05, 4.69) is 30.7 Å². The number of fused-ring (bicyclic) bond motifs is 1. The minimum absolute atomic E-state index is 0.0850. The quantitative estimate of drug-likeness (QED) is 0.217. The maximum absolute atomic E-state index is 14.1. The second-order valence-corrected chi connectivity index (χ2v) is 10.6. The average Bonchev–Trinajstić information content (AvgIpc) is 3.33. The van der Waals surface area contributed by atoms with E-state index in [1.807, 2.05) is 52.0 Å². The molecule has 2 aromatic carbocycles. The van der Waals surface area contributed by atoms with Gasteiger partial charge < -0.3 is 15.0 Å². The summed E-state index contributed by atoms with van der Waals surface area (Å²) in [4.78, 5) is 35.0. The van der Waals surface area contributed by atoms with Crippen molar-refractivity contribution in [1.82, 2.24) is 24.7 Å². The number of alkyl halides is 3. The van der Waals surface area contributed by atoms with E-state index in [4.69, 9.17) is 4.74 Å². The Morgan fingerprint density at radius 2 is 1.71 bits per heavy atom. The zero-order valence-electron chi connectivity index (χ0n) is 23.0. The number of hydrogen-bond donors (Lipinski definition) is 3. The summed E-state index contributed by atoms with van der Waals surface area (Å²) in [5.74, 6) is 0.202. The summed E-state index contributed by atoms with van der Waals surface area (Å²) in [5, 5.41) is 9.55. The van der Waals surface area contributed by atoms with E-state index in [-0.39, 0.29) is 33.9 Å². The molecule has 0 aliphatic rings. The van der Waals surface area contributed by atoms with Crippen LogP contribution in [-0.4, -0.2) is 30.8 Å². The Balaban J connectivity index is 1.43. The lowest BCUT2D eigenvalue weighted by atomic mass is 9.92. The normalized spacial score (nSPS) is 11.9. The third kappa shape index (κ3) is 6.09. The van der Waals surface area contributed by atoms with Crippen LogP contribution in [0.1, 0.15) is 37.6 Å². The van der Waals surface area contributed by atoms with Crippen LogP contribution in [0.3, 0.4) is 0 Å². The van der Waals surface area contributed by atoms with Crippen LogP contribution < -0.4 is 20.9 Å². The van der Waals surface area contributed by atoms with Crippen molar-refractivity contribution in [2.45, 2.75) is 39.3 Å². The summed E-state index contributed by atoms with van der Waals surface area (Å²) in [6.45, 7) is 7.82. The fourth-order valence-electron chi connectivity index (χ4n) is 4.05. The van der Waals surface area contributed by atoms with Gasteiger partial charge in [0.05, 0.1) is 28.8 Å². The number of aromatic nitrogens is 5. The van der Waals surface area contributed by atoms with Gasteiger partial charge in [0.1, 0.15) is 17.1 Å². The van der Waals surface area contributed by atoms with Crippen LogP contribution in [0.5, 0.6) is 11.5 Å². The maximum atomic E-state index is 14.1. The Kier molecular flexibility index (Phi) is 7.19. The molecular formula is C29H26F3N7O3. The number of benzene rings is 2. The van der Waals surface area contributed by atoms with Crippen LogP contribution in [0.2, 0.25) is 0 Å². The first kappa shape index (κ1) is 28.3. The van der Waals surface area contributed by atoms with Crippen molar-refractivity contribution in [2.24, 2.45) is 0 Å². The highest BCUT2D eigenvalue weighted by Gasteiger charge is 2.35. The van der Waals surface area contributed by atoms with Gasteiger partial charge in [-0.15, -0.1) is 0 Å². The highest BCUT2D eigenvalue weighted by atomic mass is 19.4. The van der Waals surface area contributed by atoms with Crippen molar-refractivity contribution < 1.29 is 22.7 Å². The van der Waals surface area contributed by atoms with Gasteiger partial charge in [-0.25, -0.2) is 19.4 Å². The van der Waals surface area contributed by atoms with Gasteiger partial charge in [0.25, 0.3) is 5.56 Å². The summed E-state index contributed by atoms with van der Waals surface area (Å²) in [6.07, 6.45) is -2.49. The van der Waals surface area contributed by atoms with Crippen molar-refractivity contribution in [3.63, 3.8) is 0 Å². The highest BCUT2D eigenvalue weighted by Crippen LogP contribution is 2.39. The summed E-state index contributed by atoms with van der Waals surface area (Å²) in [5.41, 5.74) is 0.208. The maximum Gasteiger partial charge on any atom is 0.418 e. The van der Waals surface area contributed by atoms with Gasteiger partial charge >= 0.3 is 12.2 Å². The number of carbonyl (C=O) groups excluding carboxylic acids is 1. The smallest absolute Gasteiger partial charge is 0.418 e. The Morgan fingerprint density at radius 1 is 0.976 bits per heavy atom. The van der Waals surface area contributed by atoms with Crippen LogP contribution in [0.4, 0.5) is 29.5 Å². The number of halogens is 3. The SMILES string of the molecule is Cc1ccc(-n2nc(C(C)(C)C)cc2NC(=O)Nc2ccc(Oc3ccnc4[nH]c(=O)cnc34)cc2C(F)(F)F)cc1. The van der Waals surface area contributed by atoms with Gasteiger partial charge in [-0.3, -0.25) is 10.1 Å². The van der Waals surface area contributed by atoms with Gasteiger partial charge in [0.15, 0.2) is 11.4 Å². The molecule has 0 spiro atoms. The molecule has 3 aromatic heterocycles. The molecule has 0 saturated carbocycles. The largest absolute Gasteiger partial charge is 0.455 e. The van der Waals surface area contributed by atoms with Gasteiger partial charge in [0.2, 0.25) is 0 Å². The van der Waals surface area contributed by atoms with E-state index >= 15 is 0 Å². The number of nitrogens with zero attached hydrogens (tertiary/aromatic N) is 4. The summed E-state index contributed by atoms with van der Waals surface area (Å²) < 4.78 is 49.5. The molecule has 0 unspecified atom stereocenters. The number of urea groups is 1. The molecule has 0 radical (unpaired) electrons. The molecule has 0 atom stereocenters. The summed E-state index contributed by atoms with van der Waals surface area (Å²) >= 11 is 0. The van der Waals surface area contributed by atoms with Crippen LogP contribution in [0.25, 0.3) is 16.9 Å². The topological polar surface area (TPSA) is 127 Å². The second kappa shape index (κ2) is 10.7. The first-order valence-corrected chi connectivity index (χ1v) is 12.8. The van der Waals surface area contributed by atoms with Crippen molar-refractivity contribution in [3.8, 4) is 17.2 Å². The number of amides is 2. The van der Waals surface area contributed by atoms with E-state index in [0.717, 1.165) is 23.9 Å². The third-order valence-corrected chi connectivity index (χ3v) is 6.21. The number of hydrogen-bond acceptors (Lipinski definition) is 6. The molecule has 5 aromatic rings. The lowest BCUT2D eigenvalue weighted by Crippen LogP contribution is -2.23. The molecule has 3 heterocycles. The molecule has 3 N–H and O–H groups in total. The molecule has 5 rings (SSSR count). The first-order chi connectivity index (χ1) is 19.8. The zero-order valence-corrected chi connectivity index (χ0v) is 23.0. The van der Waals surface area contributed by atoms with Crippen LogP contribution >= 0.6 is 0 Å². The van der Waals surface area contributed by atoms with Crippen molar-refractivity contribution in [1.29, 1.82) is 0 Å². The van der Waals surface area contributed by atoms with Crippen LogP contribution in [0, 0.1) is 6.92 Å². The molecular weight excluding hydrogens is 551 g/mol. The Hall–Kier alpha value is -5.20. The fourth-order valence-corrected chi connectivity index (χ4v) is 4.05. The molecule has 42 heavy (non-hydrogen) atoms. The van der Waals surface area contributed by atoms with Crippen LogP contribution in [0.15, 0.2) is 71.8 Å². The van der Waals surface area contributed by atoms with Crippen molar-refractivity contribution in [3.05, 3.63) is 94.2 Å². The summed E-state index contributed by atoms with van der Waals surface area (Å²) in [6, 6.07) is 12.8. The molecule has 0 aliphatic carbocycles. The number of carbonyl (C=O) groups is 1. The van der Waals surface area contributed by atoms with Crippen molar-refractivity contribution in [2.75, 3.05) is 10.6 Å². The van der Waals surface area contributed by atoms with Crippen molar-refractivity contribution >= 4 is 28.7 Å². The number of rotatable bonds is 5. The monoisotopic (exact) mass is 577 g/mol. The second-order valence-electron chi connectivity index (χ2n) is 10.6. The van der Waals surface area contributed by atoms with Gasteiger partial charge in [-0.2, -0.15) is 18.3 Å². The molecule has 0 fully saturated rings. The van der Waals surface area contributed by atoms with Gasteiger partial charge in [-0.1, -0.05) is 38.5 Å². The fraction of sp³-hybridized carbons (Fsp3) is 0.207. The standard InChI is InChI=1S/C29H26F3N7O3/c1-16-5-7-17(8-6-16)39-23(14-22(38-39)28(2,3)4)36-27(41)35-20-10-9-18(13-19(20)29(30,31)32)42-21-11-12-33-26-25(21)34-15-24(40)37-26/h5-15H,1-4H3,(H,33,37,40)(H2,35,36,41). The molecule has 13 heteroatoms. The van der Waals surface area contributed by atoms with E-state index in [1.165, 1.54) is 23.0 Å². The number of anilines is 2. The molecule has 2 amide bonds. The molecule has 0 aliphatic heterocycles. The Labute approximate surface area is 237 Å². The van der Waals surface area contributed by atoms with E-state index in [9.17, 15) is 22.8 Å². The number of nitrogens with one attached hydrogen (secondary N) is 3. The predicted octanol–water partition coefficient (Wildman–Crippen LogP) is 6.56. The Morgan fingerprint density at radius 3 is 2.40 bits per heavy atom. The molecule has 10 nitrogen and oxygen atoms in total. The van der Waals surface area contributed by atoms with Gasteiger partial charge in [-0.05, 0) is 37.3 Å². The number of ether oxygens (including phenoxy) is 1. The average molecular weight is 578 g/mol. The zero-order chi connectivity index (χ0) is 30.2. The third-order valence-electron chi connectivity index (χ3n) is 6.21. The Bertz CT molecular complexity index is 1840. The minimum Gasteiger partial charge on any atom is -0.455 e. The lowest BCUT2D eigenvalue weighted by molar-refractivity contribution is -0.137. The molecule has 0 saturated heterocycles.